The van der Waals surface area contributed by atoms with E-state index in [1.807, 2.05) is 7.05 Å². The molecule has 4 nitrogen and oxygen atoms in total. The summed E-state index contributed by atoms with van der Waals surface area (Å²) in [6.45, 7) is 0. The van der Waals surface area contributed by atoms with Crippen molar-refractivity contribution in [3.63, 3.8) is 0 Å². The van der Waals surface area contributed by atoms with Crippen LogP contribution in [0.3, 0.4) is 0 Å². The lowest BCUT2D eigenvalue weighted by atomic mass is 9.77. The highest BCUT2D eigenvalue weighted by molar-refractivity contribution is 5.84. The Balaban J connectivity index is 2.02. The lowest BCUT2D eigenvalue weighted by Crippen LogP contribution is -2.60. The average Bonchev–Trinajstić information content (AvgIpc) is 2.26. The number of nitrogens with two attached hydrogens (primary N) is 1. The topological polar surface area (TPSA) is 58.4 Å². The summed E-state index contributed by atoms with van der Waals surface area (Å²) in [7, 11) is 4.07. The normalized spacial score (nSPS) is 34.6. The van der Waals surface area contributed by atoms with E-state index in [9.17, 15) is 4.79 Å². The van der Waals surface area contributed by atoms with E-state index in [4.69, 9.17) is 5.73 Å². The number of hydrogen-bond acceptors (Lipinski definition) is 3. The van der Waals surface area contributed by atoms with E-state index < -0.39 is 5.54 Å². The highest BCUT2D eigenvalue weighted by Gasteiger charge is 2.42. The highest BCUT2D eigenvalue weighted by Crippen LogP contribution is 2.34. The van der Waals surface area contributed by atoms with Crippen LogP contribution in [0.2, 0.25) is 0 Å². The number of carbonyl (C=O) groups excluding carboxylic acids is 1. The molecule has 2 unspecified atom stereocenters. The van der Waals surface area contributed by atoms with E-state index in [1.54, 1.807) is 0 Å². The van der Waals surface area contributed by atoms with Crippen LogP contribution in [0.25, 0.3) is 0 Å². The van der Waals surface area contributed by atoms with E-state index >= 15 is 0 Å². The van der Waals surface area contributed by atoms with Gasteiger partial charge in [0.05, 0.1) is 5.54 Å². The zero-order chi connectivity index (χ0) is 12.5. The monoisotopic (exact) mass is 239 g/mol. The maximum Gasteiger partial charge on any atom is 0.237 e. The maximum absolute atomic E-state index is 11.7. The molecule has 0 aromatic heterocycles. The maximum atomic E-state index is 11.7. The van der Waals surface area contributed by atoms with Gasteiger partial charge in [-0.1, -0.05) is 6.42 Å². The first-order chi connectivity index (χ1) is 8.09. The van der Waals surface area contributed by atoms with Gasteiger partial charge in [0.25, 0.3) is 0 Å². The minimum atomic E-state index is -0.471. The summed E-state index contributed by atoms with van der Waals surface area (Å²) in [5.41, 5.74) is 5.11. The molecular formula is C13H25N3O. The standard InChI is InChI=1S/C13H25N3O/c1-15-13(12(14)17)8-4-7-11(9-13)16(2)10-5-3-6-10/h10-11,15H,3-9H2,1-2H3,(H2,14,17). The van der Waals surface area contributed by atoms with Gasteiger partial charge < -0.3 is 16.0 Å². The molecule has 0 radical (unpaired) electrons. The van der Waals surface area contributed by atoms with Crippen LogP contribution < -0.4 is 11.1 Å². The third kappa shape index (κ3) is 2.33. The summed E-state index contributed by atoms with van der Waals surface area (Å²) < 4.78 is 0. The highest BCUT2D eigenvalue weighted by atomic mass is 16.1. The summed E-state index contributed by atoms with van der Waals surface area (Å²) in [6, 6.07) is 1.24. The largest absolute Gasteiger partial charge is 0.368 e. The SMILES string of the molecule is CNC1(C(N)=O)CCCC(N(C)C2CCC2)C1. The summed E-state index contributed by atoms with van der Waals surface area (Å²) in [5, 5.41) is 3.18. The third-order valence-corrected chi connectivity index (χ3v) is 4.90. The molecule has 0 spiro atoms. The molecule has 4 heteroatoms. The van der Waals surface area contributed by atoms with Crippen molar-refractivity contribution in [3.8, 4) is 0 Å². The van der Waals surface area contributed by atoms with E-state index in [2.05, 4.69) is 17.3 Å². The molecule has 2 atom stereocenters. The third-order valence-electron chi connectivity index (χ3n) is 4.90. The number of nitrogens with zero attached hydrogens (tertiary/aromatic N) is 1. The Kier molecular flexibility index (Phi) is 3.73. The summed E-state index contributed by atoms with van der Waals surface area (Å²) >= 11 is 0. The predicted molar refractivity (Wildman–Crippen MR) is 68.6 cm³/mol. The molecule has 2 saturated carbocycles. The van der Waals surface area contributed by atoms with Crippen LogP contribution in [-0.4, -0.2) is 42.5 Å². The number of rotatable bonds is 4. The second kappa shape index (κ2) is 4.94. The molecule has 2 aliphatic carbocycles. The fourth-order valence-corrected chi connectivity index (χ4v) is 3.26. The van der Waals surface area contributed by atoms with E-state index in [0.29, 0.717) is 6.04 Å². The first-order valence-electron chi connectivity index (χ1n) is 6.80. The van der Waals surface area contributed by atoms with Crippen LogP contribution >= 0.6 is 0 Å². The summed E-state index contributed by atoms with van der Waals surface area (Å²) in [6.07, 6.45) is 8.02. The minimum absolute atomic E-state index is 0.188. The van der Waals surface area contributed by atoms with E-state index in [1.165, 1.54) is 25.7 Å². The van der Waals surface area contributed by atoms with E-state index in [-0.39, 0.29) is 5.91 Å². The minimum Gasteiger partial charge on any atom is -0.368 e. The van der Waals surface area contributed by atoms with Crippen LogP contribution in [0.1, 0.15) is 44.9 Å². The molecule has 2 aliphatic rings. The molecule has 0 aromatic rings. The Morgan fingerprint density at radius 1 is 1.29 bits per heavy atom. The molecular weight excluding hydrogens is 214 g/mol. The van der Waals surface area contributed by atoms with Gasteiger partial charge in [-0.25, -0.2) is 0 Å². The van der Waals surface area contributed by atoms with Gasteiger partial charge in [0.15, 0.2) is 0 Å². The van der Waals surface area contributed by atoms with Crippen LogP contribution in [-0.2, 0) is 4.79 Å². The molecule has 17 heavy (non-hydrogen) atoms. The smallest absolute Gasteiger partial charge is 0.237 e. The van der Waals surface area contributed by atoms with Crippen molar-refractivity contribution < 1.29 is 4.79 Å². The van der Waals surface area contributed by atoms with Gasteiger partial charge in [-0.05, 0) is 52.6 Å². The number of hydrogen-bond donors (Lipinski definition) is 2. The van der Waals surface area contributed by atoms with E-state index in [0.717, 1.165) is 25.3 Å². The fourth-order valence-electron chi connectivity index (χ4n) is 3.26. The predicted octanol–water partition coefficient (Wildman–Crippen LogP) is 0.857. The molecule has 2 rings (SSSR count). The van der Waals surface area contributed by atoms with Crippen molar-refractivity contribution >= 4 is 5.91 Å². The molecule has 0 bridgehead atoms. The second-order valence-corrected chi connectivity index (χ2v) is 5.70. The van der Waals surface area contributed by atoms with Gasteiger partial charge in [0.2, 0.25) is 5.91 Å². The summed E-state index contributed by atoms with van der Waals surface area (Å²) in [5.74, 6) is -0.188. The van der Waals surface area contributed by atoms with Crippen molar-refractivity contribution in [1.29, 1.82) is 0 Å². The Hall–Kier alpha value is -0.610. The molecule has 0 heterocycles. The van der Waals surface area contributed by atoms with Gasteiger partial charge in [0, 0.05) is 12.1 Å². The number of carbonyl (C=O) groups is 1. The van der Waals surface area contributed by atoms with Gasteiger partial charge in [-0.2, -0.15) is 0 Å². The van der Waals surface area contributed by atoms with Crippen molar-refractivity contribution in [1.82, 2.24) is 10.2 Å². The Labute approximate surface area is 104 Å². The van der Waals surface area contributed by atoms with Crippen molar-refractivity contribution in [2.24, 2.45) is 5.73 Å². The van der Waals surface area contributed by atoms with Gasteiger partial charge in [0.1, 0.15) is 0 Å². The molecule has 3 N–H and O–H groups in total. The van der Waals surface area contributed by atoms with Gasteiger partial charge in [-0.3, -0.25) is 4.79 Å². The molecule has 0 aliphatic heterocycles. The van der Waals surface area contributed by atoms with Crippen molar-refractivity contribution in [2.45, 2.75) is 62.6 Å². The average molecular weight is 239 g/mol. The van der Waals surface area contributed by atoms with Gasteiger partial charge >= 0.3 is 0 Å². The molecule has 0 saturated heterocycles. The first-order valence-corrected chi connectivity index (χ1v) is 6.80. The number of likely N-dealkylation sites (N-methyl/N-ethyl adjacent to an activating group) is 1. The zero-order valence-corrected chi connectivity index (χ0v) is 11.0. The van der Waals surface area contributed by atoms with Crippen molar-refractivity contribution in [3.05, 3.63) is 0 Å². The fraction of sp³-hybridized carbons (Fsp3) is 0.923. The number of amides is 1. The number of primary amides is 1. The molecule has 2 fully saturated rings. The number of nitrogens with one attached hydrogen (secondary N) is 1. The molecule has 98 valence electrons. The Morgan fingerprint density at radius 2 is 1.94 bits per heavy atom. The Bertz CT molecular complexity index is 290. The van der Waals surface area contributed by atoms with Gasteiger partial charge in [-0.15, -0.1) is 0 Å². The molecule has 0 aromatic carbocycles. The van der Waals surface area contributed by atoms with Crippen LogP contribution in [0.5, 0.6) is 0 Å². The Morgan fingerprint density at radius 3 is 2.41 bits per heavy atom. The second-order valence-electron chi connectivity index (χ2n) is 5.70. The lowest BCUT2D eigenvalue weighted by molar-refractivity contribution is -0.126. The summed E-state index contributed by atoms with van der Waals surface area (Å²) in [4.78, 5) is 14.2. The quantitative estimate of drug-likeness (QED) is 0.765. The van der Waals surface area contributed by atoms with Crippen molar-refractivity contribution in [2.75, 3.05) is 14.1 Å². The zero-order valence-electron chi connectivity index (χ0n) is 11.0. The lowest BCUT2D eigenvalue weighted by Gasteiger charge is -2.46. The van der Waals surface area contributed by atoms with Crippen LogP contribution in [0, 0.1) is 0 Å². The molecule has 1 amide bonds. The van der Waals surface area contributed by atoms with Crippen LogP contribution in [0.15, 0.2) is 0 Å². The van der Waals surface area contributed by atoms with Crippen LogP contribution in [0.4, 0.5) is 0 Å². The first kappa shape index (κ1) is 12.8.